The fourth-order valence-electron chi connectivity index (χ4n) is 0.359. The molecule has 0 aliphatic rings. The molecule has 0 atom stereocenters. The first-order valence-electron chi connectivity index (χ1n) is 2.08. The number of alkyl halides is 3. The van der Waals surface area contributed by atoms with Crippen LogP contribution in [0.25, 0.3) is 0 Å². The van der Waals surface area contributed by atoms with Crippen molar-refractivity contribution in [1.29, 1.82) is 0 Å². The average Bonchev–Trinajstić information content (AvgIpc) is 2.08. The first-order valence-corrected chi connectivity index (χ1v) is 4.46. The van der Waals surface area contributed by atoms with Crippen LogP contribution in [0.2, 0.25) is 0 Å². The van der Waals surface area contributed by atoms with Crippen molar-refractivity contribution in [3.8, 4) is 0 Å². The second kappa shape index (κ2) is 2.72. The Morgan fingerprint density at radius 1 is 1.44 bits per heavy atom. The van der Waals surface area contributed by atoms with Crippen LogP contribution in [-0.2, 0) is 2.14 Å². The topological polar surface area (TPSA) is 26.0 Å². The van der Waals surface area contributed by atoms with E-state index in [1.54, 1.807) is 6.07 Å². The fourth-order valence-corrected chi connectivity index (χ4v) is 0.972. The molecule has 0 bridgehead atoms. The van der Waals surface area contributed by atoms with Gasteiger partial charge in [0.25, 0.3) is 0 Å². The van der Waals surface area contributed by atoms with E-state index in [0.717, 1.165) is 5.69 Å². The van der Waals surface area contributed by atoms with Crippen molar-refractivity contribution in [3.05, 3.63) is 18.0 Å². The third-order valence-corrected chi connectivity index (χ3v) is 1.95. The second-order valence-corrected chi connectivity index (χ2v) is 8.14. The quantitative estimate of drug-likeness (QED) is 0.687. The van der Waals surface area contributed by atoms with Crippen molar-refractivity contribution in [2.24, 2.45) is 0 Å². The van der Waals surface area contributed by atoms with Gasteiger partial charge in [-0.2, -0.15) is 0 Å². The van der Waals surface area contributed by atoms with Crippen LogP contribution in [0.3, 0.4) is 0 Å². The Hall–Kier alpha value is 0.650. The van der Waals surface area contributed by atoms with Crippen molar-refractivity contribution in [2.75, 3.05) is 0 Å². The molecule has 1 heterocycles. The zero-order valence-electron chi connectivity index (χ0n) is 4.14. The molecule has 0 aromatic carbocycles. The lowest BCUT2D eigenvalue weighted by molar-refractivity contribution is 0.414. The maximum atomic E-state index is 4.60. The smallest absolute Gasteiger partial charge is 0.179 e. The van der Waals surface area contributed by atoms with Crippen molar-refractivity contribution in [1.82, 2.24) is 5.16 Å². The van der Waals surface area contributed by atoms with E-state index in [1.807, 2.05) is 0 Å². The molecule has 0 aliphatic heterocycles. The molecule has 1 aromatic rings. The lowest BCUT2D eigenvalue weighted by atomic mass is 10.5. The molecule has 50 valence electrons. The molecule has 1 aromatic heterocycles. The molecule has 0 N–H and O–H groups in total. The highest BCUT2D eigenvalue weighted by Gasteiger charge is 2.23. The van der Waals surface area contributed by atoms with E-state index in [1.165, 1.54) is 6.26 Å². The monoisotopic (exact) mass is 317 g/mol. The fraction of sp³-hybridized carbons (Fsp3) is 0.250. The van der Waals surface area contributed by atoms with Gasteiger partial charge in [0.05, 0.1) is 0 Å². The van der Waals surface area contributed by atoms with Crippen molar-refractivity contribution in [3.63, 3.8) is 0 Å². The molecule has 1 rings (SSSR count). The molecule has 0 unspecified atom stereocenters. The Balaban J connectivity index is 2.90. The van der Waals surface area contributed by atoms with Crippen molar-refractivity contribution in [2.45, 2.75) is 2.14 Å². The minimum Gasteiger partial charge on any atom is -0.364 e. The summed E-state index contributed by atoms with van der Waals surface area (Å²) in [5, 5.41) is 3.67. The molecule has 0 fully saturated rings. The van der Waals surface area contributed by atoms with Crippen LogP contribution in [0.15, 0.2) is 16.9 Å². The molecule has 0 aliphatic carbocycles. The van der Waals surface area contributed by atoms with Crippen LogP contribution in [0.4, 0.5) is 0 Å². The Morgan fingerprint density at radius 3 is 2.33 bits per heavy atom. The van der Waals surface area contributed by atoms with E-state index in [-0.39, 0.29) is 0 Å². The van der Waals surface area contributed by atoms with Crippen LogP contribution in [0.5, 0.6) is 0 Å². The van der Waals surface area contributed by atoms with Gasteiger partial charge >= 0.3 is 0 Å². The van der Waals surface area contributed by atoms with Crippen LogP contribution < -0.4 is 0 Å². The second-order valence-electron chi connectivity index (χ2n) is 1.38. The summed E-state index contributed by atoms with van der Waals surface area (Å²) < 4.78 is 4.16. The molecule has 9 heavy (non-hydrogen) atoms. The van der Waals surface area contributed by atoms with Gasteiger partial charge < -0.3 is 4.52 Å². The summed E-state index contributed by atoms with van der Waals surface area (Å²) in [5.74, 6) is 0. The first kappa shape index (κ1) is 7.75. The number of nitrogens with zero attached hydrogens (tertiary/aromatic N) is 1. The van der Waals surface area contributed by atoms with Gasteiger partial charge in [0.1, 0.15) is 12.0 Å². The Labute approximate surface area is 77.4 Å². The summed E-state index contributed by atoms with van der Waals surface area (Å²) in [7, 11) is 0. The number of hydrogen-bond acceptors (Lipinski definition) is 2. The lowest BCUT2D eigenvalue weighted by Crippen LogP contribution is -1.96. The van der Waals surface area contributed by atoms with Crippen LogP contribution in [-0.4, -0.2) is 5.16 Å². The molecule has 2 nitrogen and oxygen atoms in total. The number of rotatable bonds is 0. The van der Waals surface area contributed by atoms with E-state index in [0.29, 0.717) is 0 Å². The molecular formula is C4H2Br3NO. The van der Waals surface area contributed by atoms with Gasteiger partial charge in [0.15, 0.2) is 2.14 Å². The summed E-state index contributed by atoms with van der Waals surface area (Å²) in [6.07, 6.45) is 1.51. The number of hydrogen-bond donors (Lipinski definition) is 0. The maximum absolute atomic E-state index is 4.60. The highest BCUT2D eigenvalue weighted by atomic mass is 80.0. The highest BCUT2D eigenvalue weighted by Crippen LogP contribution is 2.43. The third-order valence-electron chi connectivity index (χ3n) is 0.728. The van der Waals surface area contributed by atoms with Crippen molar-refractivity contribution < 1.29 is 4.52 Å². The zero-order valence-corrected chi connectivity index (χ0v) is 8.90. The standard InChI is InChI=1S/C4H2Br3NO/c5-4(6,7)3-1-2-9-8-3/h1-2H. The Kier molecular flexibility index (Phi) is 2.34. The molecule has 0 saturated heterocycles. The largest absolute Gasteiger partial charge is 0.364 e. The van der Waals surface area contributed by atoms with Gasteiger partial charge in [0.2, 0.25) is 0 Å². The first-order chi connectivity index (χ1) is 4.11. The molecular weight excluding hydrogens is 318 g/mol. The van der Waals surface area contributed by atoms with Crippen LogP contribution >= 0.6 is 47.8 Å². The van der Waals surface area contributed by atoms with E-state index in [4.69, 9.17) is 0 Å². The number of halogens is 3. The van der Waals surface area contributed by atoms with E-state index < -0.39 is 2.14 Å². The summed E-state index contributed by atoms with van der Waals surface area (Å²) >= 11 is 9.83. The predicted molar refractivity (Wildman–Crippen MR) is 45.0 cm³/mol. The summed E-state index contributed by atoms with van der Waals surface area (Å²) in [6.45, 7) is 0. The van der Waals surface area contributed by atoms with Crippen LogP contribution in [0.1, 0.15) is 5.69 Å². The van der Waals surface area contributed by atoms with Gasteiger partial charge in [-0.3, -0.25) is 0 Å². The zero-order chi connectivity index (χ0) is 6.91. The molecule has 0 saturated carbocycles. The SMILES string of the molecule is BrC(Br)(Br)c1ccon1. The Bertz CT molecular complexity index is 178. The molecule has 0 amide bonds. The summed E-state index contributed by atoms with van der Waals surface area (Å²) in [6, 6.07) is 1.75. The molecule has 0 spiro atoms. The average molecular weight is 320 g/mol. The third kappa shape index (κ3) is 2.05. The molecule has 5 heteroatoms. The lowest BCUT2D eigenvalue weighted by Gasteiger charge is -2.04. The number of aromatic nitrogens is 1. The van der Waals surface area contributed by atoms with Gasteiger partial charge in [-0.1, -0.05) is 52.9 Å². The molecule has 0 radical (unpaired) electrons. The predicted octanol–water partition coefficient (Wildman–Crippen LogP) is 2.97. The van der Waals surface area contributed by atoms with E-state index in [9.17, 15) is 0 Å². The van der Waals surface area contributed by atoms with Crippen LogP contribution in [0, 0.1) is 0 Å². The minimum absolute atomic E-state index is 0.444. The maximum Gasteiger partial charge on any atom is 0.179 e. The van der Waals surface area contributed by atoms with Gasteiger partial charge in [-0.05, 0) is 0 Å². The van der Waals surface area contributed by atoms with E-state index in [2.05, 4.69) is 57.5 Å². The van der Waals surface area contributed by atoms with Gasteiger partial charge in [-0.15, -0.1) is 0 Å². The highest BCUT2D eigenvalue weighted by molar-refractivity contribution is 9.38. The summed E-state index contributed by atoms with van der Waals surface area (Å²) in [5.41, 5.74) is 0.752. The summed E-state index contributed by atoms with van der Waals surface area (Å²) in [4.78, 5) is 0. The Morgan fingerprint density at radius 2 is 2.11 bits per heavy atom. The minimum atomic E-state index is -0.444. The normalized spacial score (nSPS) is 11.9. The van der Waals surface area contributed by atoms with Gasteiger partial charge in [-0.25, -0.2) is 0 Å². The van der Waals surface area contributed by atoms with E-state index >= 15 is 0 Å². The van der Waals surface area contributed by atoms with Crippen molar-refractivity contribution >= 4 is 47.8 Å². The van der Waals surface area contributed by atoms with Gasteiger partial charge in [0, 0.05) is 6.07 Å².